The normalized spacial score (nSPS) is 26.4. The van der Waals surface area contributed by atoms with Crippen LogP contribution in [0.2, 0.25) is 0 Å². The van der Waals surface area contributed by atoms with Gasteiger partial charge < -0.3 is 11.1 Å². The van der Waals surface area contributed by atoms with E-state index in [0.29, 0.717) is 18.5 Å². The summed E-state index contributed by atoms with van der Waals surface area (Å²) in [5, 5.41) is 4.69. The third kappa shape index (κ3) is 3.68. The van der Waals surface area contributed by atoms with Gasteiger partial charge in [0.1, 0.15) is 0 Å². The van der Waals surface area contributed by atoms with E-state index in [1.54, 1.807) is 0 Å². The largest absolute Gasteiger partial charge is 0.341 e. The molecule has 0 aromatic heterocycles. The van der Waals surface area contributed by atoms with Gasteiger partial charge in [0.05, 0.1) is 6.04 Å². The number of nitrogens with zero attached hydrogens (tertiary/aromatic N) is 1. The molecule has 0 radical (unpaired) electrons. The number of likely N-dealkylation sites (tertiary alicyclic amines) is 1. The lowest BCUT2D eigenvalue weighted by molar-refractivity contribution is -0.126. The van der Waals surface area contributed by atoms with Crippen LogP contribution in [0.1, 0.15) is 26.7 Å². The molecule has 0 aromatic carbocycles. The molecule has 0 saturated carbocycles. The molecule has 1 aliphatic rings. The van der Waals surface area contributed by atoms with Crippen LogP contribution in [-0.2, 0) is 4.79 Å². The van der Waals surface area contributed by atoms with Gasteiger partial charge in [0.15, 0.2) is 0 Å². The van der Waals surface area contributed by atoms with Crippen LogP contribution in [0.3, 0.4) is 0 Å². The van der Waals surface area contributed by atoms with Gasteiger partial charge >= 0.3 is 6.03 Å². The van der Waals surface area contributed by atoms with Crippen molar-refractivity contribution in [3.8, 4) is 0 Å². The maximum absolute atomic E-state index is 11.9. The van der Waals surface area contributed by atoms with Crippen molar-refractivity contribution in [1.82, 2.24) is 15.5 Å². The maximum Gasteiger partial charge on any atom is 0.321 e. The van der Waals surface area contributed by atoms with Gasteiger partial charge in [0.2, 0.25) is 5.91 Å². The number of urea groups is 1. The molecule has 0 aliphatic carbocycles. The number of carbonyl (C=O) groups is 2. The predicted molar refractivity (Wildman–Crippen MR) is 70.0 cm³/mol. The standard InChI is InChI=1S/C12H24N4O2/c1-8-4-5-10(6-13)7-16(8)9(2)11(17)15-12(18)14-3/h8-10H,4-7,13H2,1-3H3,(H2,14,15,17,18). The molecule has 1 saturated heterocycles. The molecule has 3 atom stereocenters. The first-order valence-corrected chi connectivity index (χ1v) is 6.48. The van der Waals surface area contributed by atoms with Crippen molar-refractivity contribution < 1.29 is 9.59 Å². The fourth-order valence-corrected chi connectivity index (χ4v) is 2.37. The average Bonchev–Trinajstić information content (AvgIpc) is 2.38. The minimum Gasteiger partial charge on any atom is -0.341 e. The van der Waals surface area contributed by atoms with Crippen LogP contribution in [0.4, 0.5) is 4.79 Å². The zero-order chi connectivity index (χ0) is 13.7. The van der Waals surface area contributed by atoms with Gasteiger partial charge in [-0.25, -0.2) is 4.79 Å². The molecule has 104 valence electrons. The van der Waals surface area contributed by atoms with Crippen LogP contribution in [0.5, 0.6) is 0 Å². The van der Waals surface area contributed by atoms with E-state index in [-0.39, 0.29) is 11.9 Å². The van der Waals surface area contributed by atoms with Gasteiger partial charge in [-0.1, -0.05) is 0 Å². The first-order valence-electron chi connectivity index (χ1n) is 6.48. The van der Waals surface area contributed by atoms with Gasteiger partial charge in [0, 0.05) is 19.6 Å². The summed E-state index contributed by atoms with van der Waals surface area (Å²) >= 11 is 0. The molecule has 3 unspecified atom stereocenters. The lowest BCUT2D eigenvalue weighted by atomic mass is 9.92. The Morgan fingerprint density at radius 1 is 1.44 bits per heavy atom. The number of imide groups is 1. The molecule has 18 heavy (non-hydrogen) atoms. The quantitative estimate of drug-likeness (QED) is 0.657. The summed E-state index contributed by atoms with van der Waals surface area (Å²) in [4.78, 5) is 25.2. The molecule has 0 spiro atoms. The third-order valence-electron chi connectivity index (χ3n) is 3.70. The number of amides is 3. The van der Waals surface area contributed by atoms with Crippen molar-refractivity contribution in [2.24, 2.45) is 11.7 Å². The Hall–Kier alpha value is -1.14. The Labute approximate surface area is 108 Å². The summed E-state index contributed by atoms with van der Waals surface area (Å²) in [6, 6.07) is -0.434. The smallest absolute Gasteiger partial charge is 0.321 e. The molecule has 1 rings (SSSR count). The molecular weight excluding hydrogens is 232 g/mol. The van der Waals surface area contributed by atoms with E-state index < -0.39 is 6.03 Å². The van der Waals surface area contributed by atoms with Gasteiger partial charge in [-0.05, 0) is 39.2 Å². The van der Waals surface area contributed by atoms with E-state index in [0.717, 1.165) is 19.4 Å². The minimum absolute atomic E-state index is 0.265. The van der Waals surface area contributed by atoms with Crippen LogP contribution in [-0.4, -0.2) is 49.1 Å². The summed E-state index contributed by atoms with van der Waals surface area (Å²) in [5.41, 5.74) is 5.70. The van der Waals surface area contributed by atoms with Crippen molar-refractivity contribution in [3.63, 3.8) is 0 Å². The fourth-order valence-electron chi connectivity index (χ4n) is 2.37. The zero-order valence-electron chi connectivity index (χ0n) is 11.4. The maximum atomic E-state index is 11.9. The highest BCUT2D eigenvalue weighted by Crippen LogP contribution is 2.23. The molecule has 3 amide bonds. The molecule has 1 aliphatic heterocycles. The molecule has 6 heteroatoms. The monoisotopic (exact) mass is 256 g/mol. The fraction of sp³-hybridized carbons (Fsp3) is 0.833. The van der Waals surface area contributed by atoms with Crippen molar-refractivity contribution in [3.05, 3.63) is 0 Å². The molecular formula is C12H24N4O2. The number of hydrogen-bond acceptors (Lipinski definition) is 4. The number of piperidine rings is 1. The van der Waals surface area contributed by atoms with Crippen LogP contribution in [0.15, 0.2) is 0 Å². The second-order valence-electron chi connectivity index (χ2n) is 4.97. The number of nitrogens with two attached hydrogens (primary N) is 1. The molecule has 0 bridgehead atoms. The Morgan fingerprint density at radius 3 is 2.67 bits per heavy atom. The second-order valence-corrected chi connectivity index (χ2v) is 4.97. The molecule has 1 heterocycles. The predicted octanol–water partition coefficient (Wildman–Crippen LogP) is -0.110. The summed E-state index contributed by atoms with van der Waals surface area (Å²) in [5.74, 6) is 0.176. The van der Waals surface area contributed by atoms with E-state index in [2.05, 4.69) is 22.5 Å². The highest BCUT2D eigenvalue weighted by atomic mass is 16.2. The van der Waals surface area contributed by atoms with Crippen molar-refractivity contribution in [2.45, 2.75) is 38.8 Å². The summed E-state index contributed by atoms with van der Waals surface area (Å²) in [7, 11) is 1.49. The Kier molecular flexibility index (Phi) is 5.55. The van der Waals surface area contributed by atoms with Gasteiger partial charge in [-0.3, -0.25) is 15.0 Å². The Bertz CT molecular complexity index is 308. The van der Waals surface area contributed by atoms with E-state index >= 15 is 0 Å². The van der Waals surface area contributed by atoms with E-state index in [1.807, 2.05) is 6.92 Å². The van der Waals surface area contributed by atoms with Crippen molar-refractivity contribution in [2.75, 3.05) is 20.1 Å². The minimum atomic E-state index is -0.466. The number of rotatable bonds is 3. The van der Waals surface area contributed by atoms with E-state index in [9.17, 15) is 9.59 Å². The zero-order valence-corrected chi connectivity index (χ0v) is 11.4. The van der Waals surface area contributed by atoms with Gasteiger partial charge in [0.25, 0.3) is 0 Å². The van der Waals surface area contributed by atoms with Crippen LogP contribution < -0.4 is 16.4 Å². The first-order chi connectivity index (χ1) is 8.49. The molecule has 0 aromatic rings. The van der Waals surface area contributed by atoms with Gasteiger partial charge in [-0.15, -0.1) is 0 Å². The van der Waals surface area contributed by atoms with E-state index in [1.165, 1.54) is 7.05 Å². The van der Waals surface area contributed by atoms with Crippen molar-refractivity contribution >= 4 is 11.9 Å². The SMILES string of the molecule is CNC(=O)NC(=O)C(C)N1CC(CN)CCC1C. The topological polar surface area (TPSA) is 87.5 Å². The van der Waals surface area contributed by atoms with Crippen LogP contribution in [0, 0.1) is 5.92 Å². The first kappa shape index (κ1) is 14.9. The Morgan fingerprint density at radius 2 is 2.11 bits per heavy atom. The van der Waals surface area contributed by atoms with Crippen LogP contribution in [0.25, 0.3) is 0 Å². The van der Waals surface area contributed by atoms with Crippen molar-refractivity contribution in [1.29, 1.82) is 0 Å². The van der Waals surface area contributed by atoms with Gasteiger partial charge in [-0.2, -0.15) is 0 Å². The number of carbonyl (C=O) groups excluding carboxylic acids is 2. The molecule has 6 nitrogen and oxygen atoms in total. The summed E-state index contributed by atoms with van der Waals surface area (Å²) < 4.78 is 0. The third-order valence-corrected chi connectivity index (χ3v) is 3.70. The molecule has 4 N–H and O–H groups in total. The number of nitrogens with one attached hydrogen (secondary N) is 2. The van der Waals surface area contributed by atoms with Crippen LogP contribution >= 0.6 is 0 Å². The summed E-state index contributed by atoms with van der Waals surface area (Å²) in [6.07, 6.45) is 2.15. The summed E-state index contributed by atoms with van der Waals surface area (Å²) in [6.45, 7) is 5.40. The Balaban J connectivity index is 2.60. The molecule has 1 fully saturated rings. The second kappa shape index (κ2) is 6.70. The lowest BCUT2D eigenvalue weighted by Gasteiger charge is -2.40. The lowest BCUT2D eigenvalue weighted by Crippen LogP contribution is -2.55. The van der Waals surface area contributed by atoms with E-state index in [4.69, 9.17) is 5.73 Å². The highest BCUT2D eigenvalue weighted by molar-refractivity contribution is 5.96. The average molecular weight is 256 g/mol. The number of hydrogen-bond donors (Lipinski definition) is 3. The highest BCUT2D eigenvalue weighted by Gasteiger charge is 2.31.